The monoisotopic (exact) mass is 304 g/mol. The van der Waals surface area contributed by atoms with Gasteiger partial charge in [0.2, 0.25) is 0 Å². The van der Waals surface area contributed by atoms with E-state index in [9.17, 15) is 0 Å². The van der Waals surface area contributed by atoms with Crippen molar-refractivity contribution >= 4 is 29.7 Å². The molecule has 6 nitrogen and oxygen atoms in total. The van der Waals surface area contributed by atoms with Gasteiger partial charge in [0.25, 0.3) is 6.01 Å². The zero-order valence-corrected chi connectivity index (χ0v) is 13.3. The van der Waals surface area contributed by atoms with Crippen LogP contribution in [0.2, 0.25) is 0 Å². The van der Waals surface area contributed by atoms with E-state index in [0.29, 0.717) is 18.1 Å². The molecule has 1 fully saturated rings. The van der Waals surface area contributed by atoms with Crippen molar-refractivity contribution in [2.45, 2.75) is 38.9 Å². The lowest BCUT2D eigenvalue weighted by molar-refractivity contribution is 0.00578. The number of benzene rings is 1. The summed E-state index contributed by atoms with van der Waals surface area (Å²) in [7, 11) is -0.417. The van der Waals surface area contributed by atoms with E-state index in [1.165, 1.54) is 0 Å². The summed E-state index contributed by atoms with van der Waals surface area (Å²) < 4.78 is 17.6. The molecule has 118 valence electrons. The number of oxazole rings is 1. The first-order chi connectivity index (χ1) is 10.3. The third-order valence-electron chi connectivity index (χ3n) is 4.33. The lowest BCUT2D eigenvalue weighted by Crippen LogP contribution is -2.41. The van der Waals surface area contributed by atoms with Gasteiger partial charge >= 0.3 is 7.12 Å². The van der Waals surface area contributed by atoms with Crippen LogP contribution < -0.4 is 10.8 Å². The Hall–Kier alpha value is -1.57. The largest absolute Gasteiger partial charge is 0.494 e. The molecule has 0 saturated carbocycles. The smallest absolute Gasteiger partial charge is 0.424 e. The van der Waals surface area contributed by atoms with Crippen LogP contribution in [0.1, 0.15) is 27.7 Å². The molecule has 1 aliphatic heterocycles. The number of nitrogens with zero attached hydrogens (tertiary/aromatic N) is 1. The van der Waals surface area contributed by atoms with Gasteiger partial charge in [-0.15, -0.1) is 0 Å². The standard InChI is InChI=1S/C15H21BN2O4/c1-14(2)15(3,4)22-16(21-14)10-5-6-12-11(9-10)18-13(20-12)17-7-8-19/h5-6,9,19H,7-8H2,1-4H3,(H,17,18). The normalized spacial score (nSPS) is 19.8. The van der Waals surface area contributed by atoms with E-state index in [2.05, 4.69) is 10.3 Å². The molecule has 1 aromatic heterocycles. The van der Waals surface area contributed by atoms with E-state index in [1.54, 1.807) is 0 Å². The van der Waals surface area contributed by atoms with Crippen molar-refractivity contribution in [2.75, 3.05) is 18.5 Å². The van der Waals surface area contributed by atoms with Crippen LogP contribution in [0.5, 0.6) is 0 Å². The fourth-order valence-corrected chi connectivity index (χ4v) is 2.31. The summed E-state index contributed by atoms with van der Waals surface area (Å²) in [5.74, 6) is 0. The summed E-state index contributed by atoms with van der Waals surface area (Å²) in [5.41, 5.74) is 1.58. The summed E-state index contributed by atoms with van der Waals surface area (Å²) >= 11 is 0. The van der Waals surface area contributed by atoms with E-state index in [1.807, 2.05) is 45.9 Å². The first kappa shape index (κ1) is 15.3. The maximum atomic E-state index is 8.82. The number of aliphatic hydroxyl groups excluding tert-OH is 1. The molecule has 2 aromatic rings. The zero-order chi connectivity index (χ0) is 16.0. The molecular weight excluding hydrogens is 283 g/mol. The summed E-state index contributed by atoms with van der Waals surface area (Å²) in [6, 6.07) is 6.08. The van der Waals surface area contributed by atoms with Gasteiger partial charge in [0.05, 0.1) is 17.8 Å². The first-order valence-electron chi connectivity index (χ1n) is 7.43. The SMILES string of the molecule is CC1(C)OB(c2ccc3oc(NCCO)nc3c2)OC1(C)C. The fourth-order valence-electron chi connectivity index (χ4n) is 2.31. The molecule has 0 amide bonds. The molecule has 1 aliphatic rings. The average molecular weight is 304 g/mol. The lowest BCUT2D eigenvalue weighted by atomic mass is 9.79. The molecular formula is C15H21BN2O4. The summed E-state index contributed by atoms with van der Waals surface area (Å²) in [6.07, 6.45) is 0. The number of aliphatic hydroxyl groups is 1. The van der Waals surface area contributed by atoms with Crippen LogP contribution in [0.4, 0.5) is 6.01 Å². The summed E-state index contributed by atoms with van der Waals surface area (Å²) in [4.78, 5) is 4.35. The van der Waals surface area contributed by atoms with Crippen LogP contribution in [0.3, 0.4) is 0 Å². The van der Waals surface area contributed by atoms with Crippen LogP contribution in [-0.2, 0) is 9.31 Å². The molecule has 7 heteroatoms. The number of aromatic nitrogens is 1. The number of fused-ring (bicyclic) bond motifs is 1. The third-order valence-corrected chi connectivity index (χ3v) is 4.33. The Morgan fingerprint density at radius 2 is 1.86 bits per heavy atom. The highest BCUT2D eigenvalue weighted by Crippen LogP contribution is 2.36. The Labute approximate surface area is 130 Å². The predicted octanol–water partition coefficient (Wildman–Crippen LogP) is 1.53. The molecule has 22 heavy (non-hydrogen) atoms. The van der Waals surface area contributed by atoms with Crippen LogP contribution in [-0.4, -0.2) is 41.6 Å². The van der Waals surface area contributed by atoms with Gasteiger partial charge in [0.1, 0.15) is 5.52 Å². The Morgan fingerprint density at radius 3 is 2.50 bits per heavy atom. The Morgan fingerprint density at radius 1 is 1.18 bits per heavy atom. The van der Waals surface area contributed by atoms with Gasteiger partial charge < -0.3 is 24.1 Å². The van der Waals surface area contributed by atoms with Gasteiger partial charge in [-0.2, -0.15) is 4.98 Å². The third kappa shape index (κ3) is 2.60. The maximum absolute atomic E-state index is 8.82. The van der Waals surface area contributed by atoms with Gasteiger partial charge in [-0.05, 0) is 45.3 Å². The molecule has 3 rings (SSSR count). The minimum atomic E-state index is -0.417. The van der Waals surface area contributed by atoms with Crippen molar-refractivity contribution < 1.29 is 18.8 Å². The van der Waals surface area contributed by atoms with Crippen LogP contribution in [0.15, 0.2) is 22.6 Å². The van der Waals surface area contributed by atoms with E-state index in [0.717, 1.165) is 11.0 Å². The highest BCUT2D eigenvalue weighted by molar-refractivity contribution is 6.62. The Balaban J connectivity index is 1.86. The predicted molar refractivity (Wildman–Crippen MR) is 85.3 cm³/mol. The zero-order valence-electron chi connectivity index (χ0n) is 13.3. The molecule has 2 heterocycles. The minimum absolute atomic E-state index is 0.0257. The van der Waals surface area contributed by atoms with E-state index < -0.39 is 7.12 Å². The summed E-state index contributed by atoms with van der Waals surface area (Å²) in [5, 5.41) is 11.7. The maximum Gasteiger partial charge on any atom is 0.494 e. The topological polar surface area (TPSA) is 76.8 Å². The van der Waals surface area contributed by atoms with Gasteiger partial charge in [-0.25, -0.2) is 0 Å². The molecule has 0 atom stereocenters. The molecule has 0 aliphatic carbocycles. The highest BCUT2D eigenvalue weighted by atomic mass is 16.7. The van der Waals surface area contributed by atoms with Crippen molar-refractivity contribution in [3.05, 3.63) is 18.2 Å². The molecule has 0 radical (unpaired) electrons. The number of anilines is 1. The number of hydrogen-bond donors (Lipinski definition) is 2. The second-order valence-corrected chi connectivity index (χ2v) is 6.48. The molecule has 1 aromatic carbocycles. The van der Waals surface area contributed by atoms with Crippen molar-refractivity contribution in [2.24, 2.45) is 0 Å². The average Bonchev–Trinajstić information content (AvgIpc) is 2.93. The van der Waals surface area contributed by atoms with E-state index >= 15 is 0 Å². The molecule has 0 bridgehead atoms. The fraction of sp³-hybridized carbons (Fsp3) is 0.533. The lowest BCUT2D eigenvalue weighted by Gasteiger charge is -2.32. The van der Waals surface area contributed by atoms with Crippen LogP contribution in [0.25, 0.3) is 11.1 Å². The first-order valence-corrected chi connectivity index (χ1v) is 7.43. The quantitative estimate of drug-likeness (QED) is 0.834. The van der Waals surface area contributed by atoms with Gasteiger partial charge in [0, 0.05) is 6.54 Å². The van der Waals surface area contributed by atoms with Crippen molar-refractivity contribution in [3.8, 4) is 0 Å². The second kappa shape index (κ2) is 5.26. The second-order valence-electron chi connectivity index (χ2n) is 6.48. The molecule has 2 N–H and O–H groups in total. The van der Waals surface area contributed by atoms with Gasteiger partial charge in [0.15, 0.2) is 5.58 Å². The van der Waals surface area contributed by atoms with Crippen LogP contribution >= 0.6 is 0 Å². The minimum Gasteiger partial charge on any atom is -0.424 e. The van der Waals surface area contributed by atoms with E-state index in [-0.39, 0.29) is 17.8 Å². The van der Waals surface area contributed by atoms with Crippen LogP contribution in [0, 0.1) is 0 Å². The highest BCUT2D eigenvalue weighted by Gasteiger charge is 2.51. The Bertz CT molecular complexity index is 667. The molecule has 1 saturated heterocycles. The van der Waals surface area contributed by atoms with Gasteiger partial charge in [-0.3, -0.25) is 0 Å². The molecule has 0 unspecified atom stereocenters. The summed E-state index contributed by atoms with van der Waals surface area (Å²) in [6.45, 7) is 8.53. The number of hydrogen-bond acceptors (Lipinski definition) is 6. The van der Waals surface area contributed by atoms with Gasteiger partial charge in [-0.1, -0.05) is 6.07 Å². The number of rotatable bonds is 4. The Kier molecular flexibility index (Phi) is 3.67. The molecule has 0 spiro atoms. The van der Waals surface area contributed by atoms with E-state index in [4.69, 9.17) is 18.8 Å². The van der Waals surface area contributed by atoms with Crippen molar-refractivity contribution in [1.29, 1.82) is 0 Å². The van der Waals surface area contributed by atoms with Crippen molar-refractivity contribution in [1.82, 2.24) is 4.98 Å². The number of nitrogens with one attached hydrogen (secondary N) is 1. The van der Waals surface area contributed by atoms with Crippen molar-refractivity contribution in [3.63, 3.8) is 0 Å².